The third-order valence-electron chi connectivity index (χ3n) is 16.0. The molecule has 0 radical (unpaired) electrons. The van der Waals surface area contributed by atoms with E-state index in [4.69, 9.17) is 23.7 Å². The number of carbonyl (C=O) groups excluding carboxylic acids is 4. The second-order valence-electron chi connectivity index (χ2n) is 18.6. The molecule has 3 aromatic rings. The fourth-order valence-electron chi connectivity index (χ4n) is 13.8. The minimum absolute atomic E-state index is 0.0331. The van der Waals surface area contributed by atoms with Gasteiger partial charge in [-0.3, -0.25) is 19.3 Å². The highest BCUT2D eigenvalue weighted by Crippen LogP contribution is 2.68. The number of aromatic nitrogens is 1. The van der Waals surface area contributed by atoms with Gasteiger partial charge in [-0.25, -0.2) is 4.79 Å². The SMILES string of the molecule is CC[C@@H]1CN2CCc3c([nH]c4ccccc34)[C@@](C(=O)OC)(c3cc4c(cc3OC)N(C)[C@H]3[C@@](O)(C(=O)OC)[C@H](OC(C)=O)[C@]5(CC)C=CCN6CC[C@]43[C@@H]65)C[C@@H](C2)[C@H]1OC(C)=O. The van der Waals surface area contributed by atoms with Crippen LogP contribution in [0.25, 0.3) is 10.9 Å². The molecule has 11 atom stereocenters. The van der Waals surface area contributed by atoms with E-state index in [1.54, 1.807) is 7.11 Å². The molecule has 2 N–H and O–H groups in total. The summed E-state index contributed by atoms with van der Waals surface area (Å²) in [6.07, 6.45) is 4.98. The largest absolute Gasteiger partial charge is 0.496 e. The Balaban J connectivity index is 1.37. The van der Waals surface area contributed by atoms with Crippen molar-refractivity contribution < 1.29 is 48.0 Å². The van der Waals surface area contributed by atoms with E-state index in [-0.39, 0.29) is 30.3 Å². The molecule has 1 unspecified atom stereocenters. The van der Waals surface area contributed by atoms with Gasteiger partial charge in [0, 0.05) is 110 Å². The molecule has 1 aliphatic carbocycles. The lowest BCUT2D eigenvalue weighted by Crippen LogP contribution is -2.81. The van der Waals surface area contributed by atoms with Crippen molar-refractivity contribution in [2.45, 2.75) is 101 Å². The molecule has 332 valence electrons. The van der Waals surface area contributed by atoms with E-state index in [2.05, 4.69) is 33.8 Å². The van der Waals surface area contributed by atoms with Gasteiger partial charge in [0.2, 0.25) is 5.60 Å². The highest BCUT2D eigenvalue weighted by Gasteiger charge is 2.80. The number of carbonyl (C=O) groups is 4. The normalized spacial score (nSPS) is 35.6. The maximum absolute atomic E-state index is 15.5. The Morgan fingerprint density at radius 1 is 0.919 bits per heavy atom. The van der Waals surface area contributed by atoms with E-state index in [9.17, 15) is 19.5 Å². The number of aromatic amines is 1. The number of nitrogens with zero attached hydrogens (tertiary/aromatic N) is 3. The molecule has 14 nitrogen and oxygen atoms in total. The van der Waals surface area contributed by atoms with Crippen LogP contribution in [0.5, 0.6) is 5.75 Å². The van der Waals surface area contributed by atoms with Crippen LogP contribution >= 0.6 is 0 Å². The average Bonchev–Trinajstić information content (AvgIpc) is 3.93. The standard InChI is InChI=1S/C48H60N4O10/c1-9-29-25-51-20-16-32-31-14-11-12-15-35(31)49-39(32)47(43(55)59-7,24-30(26-51)38(29)61-27(3)53)34-22-33-36(23-37(34)58-6)50(5)41-46(33)18-21-52-19-13-17-45(10-2,40(46)52)42(62-28(4)54)48(41,57)44(56)60-8/h11-15,17,22-23,29-30,38,40-42,49,57H,9-10,16,18-21,24-26H2,1-8H3/t29-,30+,38+,40+,41-,42-,45-,46-,47+,48+/m1/s1. The Bertz CT molecular complexity index is 2360. The lowest BCUT2D eigenvalue weighted by molar-refractivity contribution is -0.228. The molecule has 5 aliphatic heterocycles. The van der Waals surface area contributed by atoms with Gasteiger partial charge in [0.1, 0.15) is 17.3 Å². The first-order chi connectivity index (χ1) is 29.7. The van der Waals surface area contributed by atoms with Crippen molar-refractivity contribution >= 4 is 40.5 Å². The first-order valence-electron chi connectivity index (χ1n) is 22.1. The van der Waals surface area contributed by atoms with Gasteiger partial charge in [-0.1, -0.05) is 44.2 Å². The Morgan fingerprint density at radius 2 is 1.66 bits per heavy atom. The zero-order valence-electron chi connectivity index (χ0n) is 37.1. The number of hydrogen-bond acceptors (Lipinski definition) is 13. The van der Waals surface area contributed by atoms with E-state index in [1.807, 2.05) is 55.3 Å². The number of likely N-dealkylation sites (N-methyl/N-ethyl adjacent to an activating group) is 1. The lowest BCUT2D eigenvalue weighted by Gasteiger charge is -2.63. The molecule has 3 fully saturated rings. The van der Waals surface area contributed by atoms with E-state index < -0.39 is 58.0 Å². The highest BCUT2D eigenvalue weighted by molar-refractivity contribution is 5.95. The zero-order chi connectivity index (χ0) is 44.1. The number of benzene rings is 2. The Hall–Kier alpha value is -4.92. The van der Waals surface area contributed by atoms with Crippen LogP contribution in [0.15, 0.2) is 48.6 Å². The second kappa shape index (κ2) is 15.1. The number of hydrogen-bond donors (Lipinski definition) is 2. The second-order valence-corrected chi connectivity index (χ2v) is 18.6. The minimum Gasteiger partial charge on any atom is -0.496 e. The molecule has 62 heavy (non-hydrogen) atoms. The number of methoxy groups -OCH3 is 3. The quantitative estimate of drug-likeness (QED) is 0.187. The van der Waals surface area contributed by atoms with Crippen LogP contribution in [-0.4, -0.2) is 135 Å². The number of esters is 4. The van der Waals surface area contributed by atoms with Gasteiger partial charge in [-0.2, -0.15) is 0 Å². The summed E-state index contributed by atoms with van der Waals surface area (Å²) in [6.45, 7) is 10.2. The monoisotopic (exact) mass is 852 g/mol. The molecule has 6 aliphatic rings. The van der Waals surface area contributed by atoms with Crippen molar-refractivity contribution in [2.75, 3.05) is 66.0 Å². The van der Waals surface area contributed by atoms with Gasteiger partial charge in [0.15, 0.2) is 6.10 Å². The van der Waals surface area contributed by atoms with Crippen molar-refractivity contribution in [2.24, 2.45) is 17.3 Å². The fourth-order valence-corrected chi connectivity index (χ4v) is 13.8. The van der Waals surface area contributed by atoms with Crippen molar-refractivity contribution in [1.82, 2.24) is 14.8 Å². The maximum atomic E-state index is 15.5. The Kier molecular flexibility index (Phi) is 10.3. The molecule has 1 spiro atoms. The number of nitrogens with one attached hydrogen (secondary N) is 1. The average molecular weight is 853 g/mol. The summed E-state index contributed by atoms with van der Waals surface area (Å²) < 4.78 is 30.3. The summed E-state index contributed by atoms with van der Waals surface area (Å²) in [4.78, 5) is 66.4. The third kappa shape index (κ3) is 5.57. The third-order valence-corrected chi connectivity index (χ3v) is 16.0. The highest BCUT2D eigenvalue weighted by atomic mass is 16.6. The molecule has 0 amide bonds. The van der Waals surface area contributed by atoms with Crippen LogP contribution in [0.3, 0.4) is 0 Å². The molecule has 1 saturated carbocycles. The zero-order valence-corrected chi connectivity index (χ0v) is 37.1. The summed E-state index contributed by atoms with van der Waals surface area (Å²) in [7, 11) is 6.10. The smallest absolute Gasteiger partial charge is 0.344 e. The topological polar surface area (TPSA) is 160 Å². The number of anilines is 1. The van der Waals surface area contributed by atoms with Crippen LogP contribution in [0.2, 0.25) is 0 Å². The molecule has 1 aromatic heterocycles. The van der Waals surface area contributed by atoms with Gasteiger partial charge >= 0.3 is 23.9 Å². The van der Waals surface area contributed by atoms with E-state index in [1.165, 1.54) is 28.1 Å². The van der Waals surface area contributed by atoms with Gasteiger partial charge in [-0.15, -0.1) is 0 Å². The number of rotatable bonds is 8. The number of H-pyrrole nitrogens is 1. The van der Waals surface area contributed by atoms with Crippen LogP contribution < -0.4 is 9.64 Å². The molecule has 6 heterocycles. The predicted molar refractivity (Wildman–Crippen MR) is 230 cm³/mol. The van der Waals surface area contributed by atoms with Gasteiger partial charge in [0.25, 0.3) is 0 Å². The first kappa shape index (κ1) is 42.4. The molecule has 9 rings (SSSR count). The maximum Gasteiger partial charge on any atom is 0.344 e. The summed E-state index contributed by atoms with van der Waals surface area (Å²) in [5.41, 5.74) is -1.08. The number of piperidine rings is 1. The number of para-hydroxylation sites is 1. The lowest BCUT2D eigenvalue weighted by atomic mass is 9.47. The molecule has 2 saturated heterocycles. The van der Waals surface area contributed by atoms with Gasteiger partial charge < -0.3 is 43.6 Å². The van der Waals surface area contributed by atoms with Crippen molar-refractivity contribution in [3.63, 3.8) is 0 Å². The first-order valence-corrected chi connectivity index (χ1v) is 22.1. The number of aliphatic hydroxyl groups is 1. The van der Waals surface area contributed by atoms with E-state index >= 15 is 4.79 Å². The fraction of sp³-hybridized carbons (Fsp3) is 0.583. The summed E-state index contributed by atoms with van der Waals surface area (Å²) in [6, 6.07) is 10.8. The van der Waals surface area contributed by atoms with Crippen LogP contribution in [0.4, 0.5) is 5.69 Å². The van der Waals surface area contributed by atoms with E-state index in [0.717, 1.165) is 47.2 Å². The van der Waals surface area contributed by atoms with Crippen LogP contribution in [-0.2, 0) is 55.4 Å². The molecule has 2 aromatic carbocycles. The molecule has 14 heteroatoms. The molecular formula is C48H60N4O10. The predicted octanol–water partition coefficient (Wildman–Crippen LogP) is 4.42. The number of ether oxygens (including phenoxy) is 5. The number of fused-ring (bicyclic) bond motifs is 6. The summed E-state index contributed by atoms with van der Waals surface area (Å²) in [5.74, 6) is -2.20. The molecule has 2 bridgehead atoms. The Labute approximate surface area is 362 Å². The van der Waals surface area contributed by atoms with Crippen LogP contribution in [0, 0.1) is 17.3 Å². The van der Waals surface area contributed by atoms with Gasteiger partial charge in [0.05, 0.1) is 27.4 Å². The Morgan fingerprint density at radius 3 is 2.34 bits per heavy atom. The van der Waals surface area contributed by atoms with Gasteiger partial charge in [-0.05, 0) is 61.9 Å². The van der Waals surface area contributed by atoms with Crippen molar-refractivity contribution in [3.8, 4) is 5.75 Å². The summed E-state index contributed by atoms with van der Waals surface area (Å²) >= 11 is 0. The van der Waals surface area contributed by atoms with Crippen molar-refractivity contribution in [3.05, 3.63) is 70.9 Å². The molecular weight excluding hydrogens is 793 g/mol. The van der Waals surface area contributed by atoms with Crippen LogP contribution in [0.1, 0.15) is 75.8 Å². The minimum atomic E-state index is -2.33. The summed E-state index contributed by atoms with van der Waals surface area (Å²) in [5, 5.41) is 14.4. The van der Waals surface area contributed by atoms with Crippen molar-refractivity contribution in [1.29, 1.82) is 0 Å². The van der Waals surface area contributed by atoms with E-state index in [0.29, 0.717) is 55.9 Å².